The van der Waals surface area contributed by atoms with E-state index in [0.717, 1.165) is 24.3 Å². The van der Waals surface area contributed by atoms with E-state index in [2.05, 4.69) is 10.3 Å². The molecule has 0 spiro atoms. The summed E-state index contributed by atoms with van der Waals surface area (Å²) in [4.78, 5) is 6.25. The molecule has 1 N–H and O–H groups in total. The van der Waals surface area contributed by atoms with Gasteiger partial charge in [-0.1, -0.05) is 11.6 Å². The maximum atomic E-state index is 6.01. The lowest BCUT2D eigenvalue weighted by Crippen LogP contribution is -2.13. The molecular weight excluding hydrogens is 198 g/mol. The summed E-state index contributed by atoms with van der Waals surface area (Å²) in [5, 5.41) is 3.79. The number of nitrogens with zero attached hydrogens (tertiary/aromatic N) is 2. The first-order valence-corrected chi connectivity index (χ1v) is 4.99. The van der Waals surface area contributed by atoms with E-state index >= 15 is 0 Å². The van der Waals surface area contributed by atoms with Crippen LogP contribution in [0.25, 0.3) is 0 Å². The fourth-order valence-electron chi connectivity index (χ4n) is 1.20. The van der Waals surface area contributed by atoms with E-state index in [-0.39, 0.29) is 0 Å². The Hall–Kier alpha value is -0.800. The SMILES string of the molecule is CNCCc1cc(N(C)C)c(Cl)cn1. The van der Waals surface area contributed by atoms with Crippen LogP contribution in [0, 0.1) is 0 Å². The largest absolute Gasteiger partial charge is 0.376 e. The van der Waals surface area contributed by atoms with E-state index in [1.807, 2.05) is 32.1 Å². The fourth-order valence-corrected chi connectivity index (χ4v) is 1.47. The molecule has 4 heteroatoms. The van der Waals surface area contributed by atoms with Crippen LogP contribution in [0.4, 0.5) is 5.69 Å². The van der Waals surface area contributed by atoms with Crippen LogP contribution < -0.4 is 10.2 Å². The van der Waals surface area contributed by atoms with Crippen molar-refractivity contribution in [1.29, 1.82) is 0 Å². The first-order chi connectivity index (χ1) is 6.65. The topological polar surface area (TPSA) is 28.2 Å². The molecule has 3 nitrogen and oxygen atoms in total. The van der Waals surface area contributed by atoms with Gasteiger partial charge in [-0.25, -0.2) is 0 Å². The van der Waals surface area contributed by atoms with Gasteiger partial charge < -0.3 is 10.2 Å². The Morgan fingerprint density at radius 3 is 2.79 bits per heavy atom. The number of pyridine rings is 1. The highest BCUT2D eigenvalue weighted by atomic mass is 35.5. The lowest BCUT2D eigenvalue weighted by Gasteiger charge is -2.15. The second-order valence-electron chi connectivity index (χ2n) is 3.38. The monoisotopic (exact) mass is 213 g/mol. The molecule has 1 rings (SSSR count). The van der Waals surface area contributed by atoms with Gasteiger partial charge >= 0.3 is 0 Å². The average molecular weight is 214 g/mol. The maximum absolute atomic E-state index is 6.01. The summed E-state index contributed by atoms with van der Waals surface area (Å²) in [5.74, 6) is 0. The van der Waals surface area contributed by atoms with Gasteiger partial charge in [-0.3, -0.25) is 4.98 Å². The van der Waals surface area contributed by atoms with Crippen LogP contribution in [-0.4, -0.2) is 32.7 Å². The zero-order chi connectivity index (χ0) is 10.6. The first-order valence-electron chi connectivity index (χ1n) is 4.61. The Morgan fingerprint density at radius 1 is 1.50 bits per heavy atom. The third-order valence-corrected chi connectivity index (χ3v) is 2.30. The van der Waals surface area contributed by atoms with Crippen LogP contribution in [0.15, 0.2) is 12.3 Å². The zero-order valence-corrected chi connectivity index (χ0v) is 9.60. The summed E-state index contributed by atoms with van der Waals surface area (Å²) in [6.07, 6.45) is 2.64. The molecule has 0 amide bonds. The van der Waals surface area contributed by atoms with E-state index < -0.39 is 0 Å². The quantitative estimate of drug-likeness (QED) is 0.823. The van der Waals surface area contributed by atoms with Crippen molar-refractivity contribution in [1.82, 2.24) is 10.3 Å². The van der Waals surface area contributed by atoms with Gasteiger partial charge in [0.05, 0.1) is 10.7 Å². The third kappa shape index (κ3) is 2.86. The molecule has 1 aromatic rings. The maximum Gasteiger partial charge on any atom is 0.0822 e. The molecule has 0 fully saturated rings. The van der Waals surface area contributed by atoms with Gasteiger partial charge in [0, 0.05) is 39.0 Å². The molecular formula is C10H16ClN3. The summed E-state index contributed by atoms with van der Waals surface area (Å²) >= 11 is 6.01. The minimum Gasteiger partial charge on any atom is -0.376 e. The molecule has 0 saturated carbocycles. The normalized spacial score (nSPS) is 10.3. The summed E-state index contributed by atoms with van der Waals surface area (Å²) < 4.78 is 0. The van der Waals surface area contributed by atoms with E-state index in [1.165, 1.54) is 0 Å². The average Bonchev–Trinajstić information content (AvgIpc) is 2.16. The molecule has 0 unspecified atom stereocenters. The van der Waals surface area contributed by atoms with Crippen molar-refractivity contribution in [3.8, 4) is 0 Å². The van der Waals surface area contributed by atoms with Crippen molar-refractivity contribution in [2.75, 3.05) is 32.6 Å². The van der Waals surface area contributed by atoms with E-state index in [4.69, 9.17) is 11.6 Å². The molecule has 0 aliphatic rings. The number of anilines is 1. The van der Waals surface area contributed by atoms with E-state index in [9.17, 15) is 0 Å². The Bertz CT molecular complexity index is 299. The van der Waals surface area contributed by atoms with Crippen molar-refractivity contribution in [2.45, 2.75) is 6.42 Å². The number of halogens is 1. The summed E-state index contributed by atoms with van der Waals surface area (Å²) in [7, 11) is 5.88. The zero-order valence-electron chi connectivity index (χ0n) is 8.84. The van der Waals surface area contributed by atoms with Crippen LogP contribution in [0.2, 0.25) is 5.02 Å². The summed E-state index contributed by atoms with van der Waals surface area (Å²) in [6, 6.07) is 2.03. The van der Waals surface area contributed by atoms with Gasteiger partial charge in [0.2, 0.25) is 0 Å². The van der Waals surface area contributed by atoms with Crippen LogP contribution in [0.5, 0.6) is 0 Å². The Kier molecular flexibility index (Phi) is 4.17. The predicted molar refractivity (Wildman–Crippen MR) is 61.2 cm³/mol. The molecule has 14 heavy (non-hydrogen) atoms. The highest BCUT2D eigenvalue weighted by Crippen LogP contribution is 2.23. The van der Waals surface area contributed by atoms with Gasteiger partial charge in [0.15, 0.2) is 0 Å². The van der Waals surface area contributed by atoms with Crippen LogP contribution in [0.3, 0.4) is 0 Å². The van der Waals surface area contributed by atoms with Crippen LogP contribution in [0.1, 0.15) is 5.69 Å². The highest BCUT2D eigenvalue weighted by Gasteiger charge is 2.04. The standard InChI is InChI=1S/C10H16ClN3/c1-12-5-4-8-6-10(14(2)3)9(11)7-13-8/h6-7,12H,4-5H2,1-3H3. The van der Waals surface area contributed by atoms with Gasteiger partial charge in [-0.15, -0.1) is 0 Å². The van der Waals surface area contributed by atoms with Crippen molar-refractivity contribution < 1.29 is 0 Å². The minimum absolute atomic E-state index is 0.697. The third-order valence-electron chi connectivity index (χ3n) is 2.00. The Morgan fingerprint density at radius 2 is 2.21 bits per heavy atom. The Balaban J connectivity index is 2.83. The molecule has 0 aliphatic heterocycles. The number of aromatic nitrogens is 1. The first kappa shape index (κ1) is 11.3. The highest BCUT2D eigenvalue weighted by molar-refractivity contribution is 6.33. The molecule has 78 valence electrons. The molecule has 0 saturated heterocycles. The van der Waals surface area contributed by atoms with E-state index in [1.54, 1.807) is 6.20 Å². The molecule has 0 radical (unpaired) electrons. The van der Waals surface area contributed by atoms with Crippen molar-refractivity contribution in [3.63, 3.8) is 0 Å². The number of hydrogen-bond acceptors (Lipinski definition) is 3. The van der Waals surface area contributed by atoms with Crippen LogP contribution >= 0.6 is 11.6 Å². The second kappa shape index (κ2) is 5.17. The Labute approximate surface area is 90.1 Å². The fraction of sp³-hybridized carbons (Fsp3) is 0.500. The molecule has 0 aromatic carbocycles. The smallest absolute Gasteiger partial charge is 0.0822 e. The number of likely N-dealkylation sites (N-methyl/N-ethyl adjacent to an activating group) is 1. The molecule has 1 heterocycles. The second-order valence-corrected chi connectivity index (χ2v) is 3.78. The summed E-state index contributed by atoms with van der Waals surface area (Å²) in [5.41, 5.74) is 2.08. The summed E-state index contributed by atoms with van der Waals surface area (Å²) in [6.45, 7) is 0.932. The van der Waals surface area contributed by atoms with Gasteiger partial charge in [-0.05, 0) is 13.1 Å². The molecule has 0 bridgehead atoms. The minimum atomic E-state index is 0.697. The lowest BCUT2D eigenvalue weighted by atomic mass is 10.2. The predicted octanol–water partition coefficient (Wildman–Crippen LogP) is 1.56. The van der Waals surface area contributed by atoms with Gasteiger partial charge in [-0.2, -0.15) is 0 Å². The van der Waals surface area contributed by atoms with E-state index in [0.29, 0.717) is 5.02 Å². The molecule has 1 aromatic heterocycles. The van der Waals surface area contributed by atoms with Crippen LogP contribution in [-0.2, 0) is 6.42 Å². The number of nitrogens with one attached hydrogen (secondary N) is 1. The van der Waals surface area contributed by atoms with Crippen molar-refractivity contribution in [3.05, 3.63) is 23.0 Å². The number of hydrogen-bond donors (Lipinski definition) is 1. The van der Waals surface area contributed by atoms with Gasteiger partial charge in [0.25, 0.3) is 0 Å². The molecule has 0 atom stereocenters. The lowest BCUT2D eigenvalue weighted by molar-refractivity contribution is 0.776. The van der Waals surface area contributed by atoms with Crippen molar-refractivity contribution in [2.24, 2.45) is 0 Å². The van der Waals surface area contributed by atoms with Crippen molar-refractivity contribution >= 4 is 17.3 Å². The molecule has 0 aliphatic carbocycles. The number of rotatable bonds is 4. The van der Waals surface area contributed by atoms with Gasteiger partial charge in [0.1, 0.15) is 0 Å².